The van der Waals surface area contributed by atoms with Crippen molar-refractivity contribution in [3.05, 3.63) is 0 Å². The van der Waals surface area contributed by atoms with E-state index in [1.165, 1.54) is 0 Å². The van der Waals surface area contributed by atoms with E-state index in [4.69, 9.17) is 9.84 Å². The van der Waals surface area contributed by atoms with Crippen molar-refractivity contribution in [2.24, 2.45) is 5.92 Å². The maximum atomic E-state index is 10.6. The lowest BCUT2D eigenvalue weighted by Gasteiger charge is -2.13. The highest BCUT2D eigenvalue weighted by molar-refractivity contribution is 5.68. The van der Waals surface area contributed by atoms with Crippen LogP contribution in [-0.2, 0) is 9.53 Å². The summed E-state index contributed by atoms with van der Waals surface area (Å²) in [6.45, 7) is 5.58. The van der Waals surface area contributed by atoms with Gasteiger partial charge in [0.15, 0.2) is 0 Å². The molecule has 0 fully saturated rings. The number of hydrogen-bond donors (Lipinski definition) is 1. The SMILES string of the molecule is CCC(=O)OCC(C)C(C)O. The Bertz CT molecular complexity index is 121. The molecule has 3 heteroatoms. The van der Waals surface area contributed by atoms with Crippen molar-refractivity contribution >= 4 is 5.97 Å². The summed E-state index contributed by atoms with van der Waals surface area (Å²) in [5, 5.41) is 9.02. The summed E-state index contributed by atoms with van der Waals surface area (Å²) in [6.07, 6.45) is -0.0216. The van der Waals surface area contributed by atoms with E-state index in [9.17, 15) is 4.79 Å². The van der Waals surface area contributed by atoms with Crippen molar-refractivity contribution in [3.8, 4) is 0 Å². The van der Waals surface area contributed by atoms with Crippen LogP contribution >= 0.6 is 0 Å². The van der Waals surface area contributed by atoms with Crippen LogP contribution in [-0.4, -0.2) is 23.8 Å². The second-order valence-electron chi connectivity index (χ2n) is 2.75. The van der Waals surface area contributed by atoms with Gasteiger partial charge in [0.2, 0.25) is 0 Å². The highest BCUT2D eigenvalue weighted by atomic mass is 16.5. The first-order valence-electron chi connectivity index (χ1n) is 3.91. The Hall–Kier alpha value is -0.570. The Labute approximate surface area is 67.4 Å². The number of ether oxygens (including phenoxy) is 1. The number of aliphatic hydroxyl groups is 1. The van der Waals surface area contributed by atoms with Gasteiger partial charge in [-0.1, -0.05) is 13.8 Å². The van der Waals surface area contributed by atoms with Crippen LogP contribution in [0.15, 0.2) is 0 Å². The van der Waals surface area contributed by atoms with Crippen molar-refractivity contribution < 1.29 is 14.6 Å². The first-order valence-corrected chi connectivity index (χ1v) is 3.91. The molecule has 1 N–H and O–H groups in total. The molecule has 0 bridgehead atoms. The molecule has 0 saturated carbocycles. The molecule has 0 spiro atoms. The Morgan fingerprint density at radius 3 is 2.45 bits per heavy atom. The molecular weight excluding hydrogens is 144 g/mol. The van der Waals surface area contributed by atoms with E-state index in [-0.39, 0.29) is 11.9 Å². The van der Waals surface area contributed by atoms with Crippen LogP contribution < -0.4 is 0 Å². The molecule has 66 valence electrons. The van der Waals surface area contributed by atoms with E-state index in [0.29, 0.717) is 13.0 Å². The third kappa shape index (κ3) is 4.79. The second-order valence-corrected chi connectivity index (χ2v) is 2.75. The quantitative estimate of drug-likeness (QED) is 0.623. The van der Waals surface area contributed by atoms with Gasteiger partial charge in [-0.05, 0) is 6.92 Å². The summed E-state index contributed by atoms with van der Waals surface area (Å²) in [5.74, 6) is -0.192. The lowest BCUT2D eigenvalue weighted by molar-refractivity contribution is -0.145. The molecule has 11 heavy (non-hydrogen) atoms. The van der Waals surface area contributed by atoms with Crippen LogP contribution in [0.25, 0.3) is 0 Å². The van der Waals surface area contributed by atoms with Gasteiger partial charge in [0.25, 0.3) is 0 Å². The second kappa shape index (κ2) is 5.13. The summed E-state index contributed by atoms with van der Waals surface area (Å²) < 4.78 is 4.82. The highest BCUT2D eigenvalue weighted by Crippen LogP contribution is 2.02. The maximum Gasteiger partial charge on any atom is 0.305 e. The first-order chi connectivity index (χ1) is 5.07. The van der Waals surface area contributed by atoms with Crippen LogP contribution in [0.3, 0.4) is 0 Å². The van der Waals surface area contributed by atoms with Crippen molar-refractivity contribution in [2.45, 2.75) is 33.3 Å². The average molecular weight is 160 g/mol. The van der Waals surface area contributed by atoms with E-state index < -0.39 is 6.10 Å². The molecule has 0 aliphatic heterocycles. The Balaban J connectivity index is 3.45. The Morgan fingerprint density at radius 1 is 1.55 bits per heavy atom. The van der Waals surface area contributed by atoms with Crippen LogP contribution in [0.4, 0.5) is 0 Å². The van der Waals surface area contributed by atoms with Crippen LogP contribution in [0, 0.1) is 5.92 Å². The molecule has 0 aliphatic rings. The summed E-state index contributed by atoms with van der Waals surface area (Å²) in [5.41, 5.74) is 0. The van der Waals surface area contributed by atoms with Gasteiger partial charge in [-0.3, -0.25) is 4.79 Å². The highest BCUT2D eigenvalue weighted by Gasteiger charge is 2.10. The summed E-state index contributed by atoms with van der Waals surface area (Å²) in [4.78, 5) is 10.6. The lowest BCUT2D eigenvalue weighted by atomic mass is 10.1. The number of rotatable bonds is 4. The number of esters is 1. The largest absolute Gasteiger partial charge is 0.465 e. The zero-order valence-electron chi connectivity index (χ0n) is 7.33. The van der Waals surface area contributed by atoms with Gasteiger partial charge < -0.3 is 9.84 Å². The molecule has 0 saturated heterocycles. The van der Waals surface area contributed by atoms with E-state index in [0.717, 1.165) is 0 Å². The van der Waals surface area contributed by atoms with Crippen LogP contribution in [0.2, 0.25) is 0 Å². The van der Waals surface area contributed by atoms with Gasteiger partial charge in [0.1, 0.15) is 0 Å². The predicted octanol–water partition coefficient (Wildman–Crippen LogP) is 0.956. The zero-order chi connectivity index (χ0) is 8.85. The van der Waals surface area contributed by atoms with Crippen molar-refractivity contribution in [3.63, 3.8) is 0 Å². The van der Waals surface area contributed by atoms with E-state index in [1.54, 1.807) is 13.8 Å². The van der Waals surface area contributed by atoms with E-state index in [1.807, 2.05) is 6.92 Å². The topological polar surface area (TPSA) is 46.5 Å². The number of aliphatic hydroxyl groups excluding tert-OH is 1. The lowest BCUT2D eigenvalue weighted by Crippen LogP contribution is -2.20. The maximum absolute atomic E-state index is 10.6. The smallest absolute Gasteiger partial charge is 0.305 e. The minimum Gasteiger partial charge on any atom is -0.465 e. The van der Waals surface area contributed by atoms with Gasteiger partial charge >= 0.3 is 5.97 Å². The van der Waals surface area contributed by atoms with Gasteiger partial charge in [-0.2, -0.15) is 0 Å². The Kier molecular flexibility index (Phi) is 4.86. The van der Waals surface area contributed by atoms with Gasteiger partial charge in [0.05, 0.1) is 12.7 Å². The summed E-state index contributed by atoms with van der Waals surface area (Å²) in [6, 6.07) is 0. The number of hydrogen-bond acceptors (Lipinski definition) is 3. The summed E-state index contributed by atoms with van der Waals surface area (Å²) in [7, 11) is 0. The first kappa shape index (κ1) is 10.4. The third-order valence-corrected chi connectivity index (χ3v) is 1.62. The van der Waals surface area contributed by atoms with Crippen molar-refractivity contribution in [1.29, 1.82) is 0 Å². The fraction of sp³-hybridized carbons (Fsp3) is 0.875. The Morgan fingerprint density at radius 2 is 2.09 bits per heavy atom. The molecule has 0 amide bonds. The zero-order valence-corrected chi connectivity index (χ0v) is 7.33. The van der Waals surface area contributed by atoms with E-state index in [2.05, 4.69) is 0 Å². The monoisotopic (exact) mass is 160 g/mol. The van der Waals surface area contributed by atoms with Crippen molar-refractivity contribution in [2.75, 3.05) is 6.61 Å². The van der Waals surface area contributed by atoms with Crippen LogP contribution in [0.5, 0.6) is 0 Å². The average Bonchev–Trinajstić information content (AvgIpc) is 1.99. The van der Waals surface area contributed by atoms with Gasteiger partial charge in [-0.15, -0.1) is 0 Å². The third-order valence-electron chi connectivity index (χ3n) is 1.62. The molecule has 0 aromatic rings. The van der Waals surface area contributed by atoms with Crippen molar-refractivity contribution in [1.82, 2.24) is 0 Å². The van der Waals surface area contributed by atoms with Gasteiger partial charge in [0, 0.05) is 12.3 Å². The predicted molar refractivity (Wildman–Crippen MR) is 42.1 cm³/mol. The van der Waals surface area contributed by atoms with Crippen LogP contribution in [0.1, 0.15) is 27.2 Å². The minimum atomic E-state index is -0.417. The molecule has 0 aromatic heterocycles. The fourth-order valence-electron chi connectivity index (χ4n) is 0.466. The number of carbonyl (C=O) groups is 1. The molecule has 2 unspecified atom stereocenters. The van der Waals surface area contributed by atoms with Gasteiger partial charge in [-0.25, -0.2) is 0 Å². The molecule has 3 nitrogen and oxygen atoms in total. The molecule has 0 radical (unpaired) electrons. The standard InChI is InChI=1S/C8H16O3/c1-4-8(10)11-5-6(2)7(3)9/h6-7,9H,4-5H2,1-3H3. The normalized spacial score (nSPS) is 15.6. The summed E-state index contributed by atoms with van der Waals surface area (Å²) >= 11 is 0. The molecule has 0 rings (SSSR count). The molecule has 0 aromatic carbocycles. The molecule has 0 heterocycles. The van der Waals surface area contributed by atoms with E-state index >= 15 is 0 Å². The fourth-order valence-corrected chi connectivity index (χ4v) is 0.466. The molecule has 0 aliphatic carbocycles. The minimum absolute atomic E-state index is 0.0190. The number of carbonyl (C=O) groups excluding carboxylic acids is 1. The molecule has 2 atom stereocenters. The molecular formula is C8H16O3.